The molecular weight excluding hydrogens is 366 g/mol. The smallest absolute Gasteiger partial charge is 0.304 e. The van der Waals surface area contributed by atoms with Crippen LogP contribution in [-0.4, -0.2) is 33.3 Å². The van der Waals surface area contributed by atoms with Crippen LogP contribution < -0.4 is 5.32 Å². The number of hydrogen-bond acceptors (Lipinski definition) is 4. The number of benzene rings is 1. The lowest BCUT2D eigenvalue weighted by molar-refractivity contribution is -0.136. The molecule has 0 saturated heterocycles. The molecule has 2 aromatic rings. The highest BCUT2D eigenvalue weighted by atomic mass is 16.4. The quantitative estimate of drug-likeness (QED) is 0.630. The number of fused-ring (bicyclic) bond motifs is 1. The minimum atomic E-state index is -0.796. The Labute approximate surface area is 172 Å². The highest BCUT2D eigenvalue weighted by molar-refractivity contribution is 5.79. The predicted molar refractivity (Wildman–Crippen MR) is 112 cm³/mol. The number of carboxylic acid groups (broad SMARTS) is 1. The van der Waals surface area contributed by atoms with E-state index >= 15 is 0 Å². The van der Waals surface area contributed by atoms with Gasteiger partial charge in [0.25, 0.3) is 0 Å². The van der Waals surface area contributed by atoms with Gasteiger partial charge in [0.15, 0.2) is 0 Å². The van der Waals surface area contributed by atoms with E-state index in [9.17, 15) is 9.59 Å². The molecule has 0 radical (unpaired) electrons. The first-order valence-corrected chi connectivity index (χ1v) is 10.5. The Morgan fingerprint density at radius 2 is 1.90 bits per heavy atom. The topological polar surface area (TPSA) is 84.2 Å². The number of carbonyl (C=O) groups excluding carboxylic acids is 1. The Morgan fingerprint density at radius 3 is 2.55 bits per heavy atom. The van der Waals surface area contributed by atoms with Crippen LogP contribution in [-0.2, 0) is 24.2 Å². The SMILES string of the molecule is Cc1nn(C(=O)CCc2ccc(CNCCC(=O)O)cc2)c2c1C(C(C)C)CC2. The second-order valence-electron chi connectivity index (χ2n) is 8.28. The van der Waals surface area contributed by atoms with Crippen molar-refractivity contribution >= 4 is 11.9 Å². The van der Waals surface area contributed by atoms with E-state index in [0.717, 1.165) is 35.4 Å². The molecular formula is C23H31N3O3. The van der Waals surface area contributed by atoms with Gasteiger partial charge in [-0.15, -0.1) is 0 Å². The molecule has 1 aromatic carbocycles. The third-order valence-electron chi connectivity index (χ3n) is 5.81. The van der Waals surface area contributed by atoms with Crippen molar-refractivity contribution in [3.8, 4) is 0 Å². The molecule has 1 aliphatic carbocycles. The number of nitrogens with one attached hydrogen (secondary N) is 1. The van der Waals surface area contributed by atoms with Gasteiger partial charge in [0, 0.05) is 25.1 Å². The van der Waals surface area contributed by atoms with Crippen LogP contribution in [0.5, 0.6) is 0 Å². The maximum atomic E-state index is 12.8. The third-order valence-corrected chi connectivity index (χ3v) is 5.81. The van der Waals surface area contributed by atoms with Gasteiger partial charge in [-0.3, -0.25) is 9.59 Å². The van der Waals surface area contributed by atoms with Crippen molar-refractivity contribution in [3.63, 3.8) is 0 Å². The molecule has 1 aliphatic rings. The average Bonchev–Trinajstić information content (AvgIpc) is 3.26. The summed E-state index contributed by atoms with van der Waals surface area (Å²) in [6.45, 7) is 7.60. The third kappa shape index (κ3) is 5.12. The van der Waals surface area contributed by atoms with Crippen LogP contribution in [0.4, 0.5) is 0 Å². The molecule has 0 fully saturated rings. The van der Waals surface area contributed by atoms with Gasteiger partial charge in [0.05, 0.1) is 17.8 Å². The fourth-order valence-electron chi connectivity index (χ4n) is 4.23. The molecule has 6 heteroatoms. The van der Waals surface area contributed by atoms with Gasteiger partial charge in [-0.05, 0) is 49.1 Å². The Hall–Kier alpha value is -2.47. The van der Waals surface area contributed by atoms with Gasteiger partial charge >= 0.3 is 5.97 Å². The number of rotatable bonds is 9. The first-order chi connectivity index (χ1) is 13.9. The number of aromatic nitrogens is 2. The summed E-state index contributed by atoms with van der Waals surface area (Å²) in [5.41, 5.74) is 5.64. The Bertz CT molecular complexity index is 868. The minimum absolute atomic E-state index is 0.0677. The van der Waals surface area contributed by atoms with Crippen molar-refractivity contribution in [2.75, 3.05) is 6.54 Å². The van der Waals surface area contributed by atoms with Crippen molar-refractivity contribution in [2.45, 2.75) is 65.3 Å². The fraction of sp³-hybridized carbons (Fsp3) is 0.522. The second kappa shape index (κ2) is 9.35. The Balaban J connectivity index is 1.54. The monoisotopic (exact) mass is 397 g/mol. The molecule has 29 heavy (non-hydrogen) atoms. The highest BCUT2D eigenvalue weighted by Gasteiger charge is 2.32. The molecule has 0 amide bonds. The fourth-order valence-corrected chi connectivity index (χ4v) is 4.23. The lowest BCUT2D eigenvalue weighted by Gasteiger charge is -2.14. The van der Waals surface area contributed by atoms with E-state index in [2.05, 4.69) is 24.3 Å². The summed E-state index contributed by atoms with van der Waals surface area (Å²) in [6, 6.07) is 8.12. The van der Waals surface area contributed by atoms with Gasteiger partial charge < -0.3 is 10.4 Å². The van der Waals surface area contributed by atoms with Crippen LogP contribution in [0.3, 0.4) is 0 Å². The number of nitrogens with zero attached hydrogens (tertiary/aromatic N) is 2. The summed E-state index contributed by atoms with van der Waals surface area (Å²) < 4.78 is 1.66. The largest absolute Gasteiger partial charge is 0.481 e. The summed E-state index contributed by atoms with van der Waals surface area (Å²) in [6.07, 6.45) is 3.30. The molecule has 0 aliphatic heterocycles. The molecule has 156 valence electrons. The van der Waals surface area contributed by atoms with E-state index in [1.807, 2.05) is 31.2 Å². The van der Waals surface area contributed by atoms with Gasteiger partial charge in [-0.1, -0.05) is 38.1 Å². The molecule has 2 N–H and O–H groups in total. The van der Waals surface area contributed by atoms with Gasteiger partial charge in [0.1, 0.15) is 0 Å². The van der Waals surface area contributed by atoms with Crippen LogP contribution >= 0.6 is 0 Å². The van der Waals surface area contributed by atoms with Crippen LogP contribution in [0.25, 0.3) is 0 Å². The van der Waals surface area contributed by atoms with Crippen molar-refractivity contribution < 1.29 is 14.7 Å². The molecule has 1 aromatic heterocycles. The van der Waals surface area contributed by atoms with E-state index in [-0.39, 0.29) is 12.3 Å². The summed E-state index contributed by atoms with van der Waals surface area (Å²) in [7, 11) is 0. The van der Waals surface area contributed by atoms with Crippen molar-refractivity contribution in [1.29, 1.82) is 0 Å². The summed E-state index contributed by atoms with van der Waals surface area (Å²) >= 11 is 0. The standard InChI is InChI=1S/C23H31N3O3/c1-15(2)19-9-10-20-23(19)16(3)25-26(20)21(27)11-8-17-4-6-18(7-5-17)14-24-13-12-22(28)29/h4-7,15,19,24H,8-14H2,1-3H3,(H,28,29). The molecule has 0 spiro atoms. The van der Waals surface area contributed by atoms with Crippen LogP contribution in [0.15, 0.2) is 24.3 Å². The molecule has 3 rings (SSSR count). The minimum Gasteiger partial charge on any atom is -0.481 e. The van der Waals surface area contributed by atoms with Crippen molar-refractivity contribution in [3.05, 3.63) is 52.3 Å². The van der Waals surface area contributed by atoms with Gasteiger partial charge in [-0.25, -0.2) is 4.68 Å². The zero-order chi connectivity index (χ0) is 21.0. The van der Waals surface area contributed by atoms with Crippen molar-refractivity contribution in [2.24, 2.45) is 5.92 Å². The highest BCUT2D eigenvalue weighted by Crippen LogP contribution is 2.40. The van der Waals surface area contributed by atoms with Crippen LogP contribution in [0.1, 0.15) is 71.9 Å². The van der Waals surface area contributed by atoms with E-state index in [1.165, 1.54) is 5.56 Å². The number of carboxylic acids is 1. The van der Waals surface area contributed by atoms with Crippen molar-refractivity contribution in [1.82, 2.24) is 15.1 Å². The number of aryl methyl sites for hydroxylation is 2. The summed E-state index contributed by atoms with van der Waals surface area (Å²) in [4.78, 5) is 23.3. The molecule has 0 bridgehead atoms. The molecule has 1 atom stereocenters. The molecule has 1 unspecified atom stereocenters. The number of aliphatic carboxylic acids is 1. The maximum absolute atomic E-state index is 12.8. The molecule has 6 nitrogen and oxygen atoms in total. The lowest BCUT2D eigenvalue weighted by atomic mass is 9.90. The van der Waals surface area contributed by atoms with Gasteiger partial charge in [0.2, 0.25) is 5.91 Å². The predicted octanol–water partition coefficient (Wildman–Crippen LogP) is 3.71. The average molecular weight is 398 g/mol. The lowest BCUT2D eigenvalue weighted by Crippen LogP contribution is -2.17. The first kappa shape index (κ1) is 21.2. The van der Waals surface area contributed by atoms with Gasteiger partial charge in [-0.2, -0.15) is 5.10 Å². The summed E-state index contributed by atoms with van der Waals surface area (Å²) in [5, 5.41) is 16.3. The van der Waals surface area contributed by atoms with E-state index in [4.69, 9.17) is 5.11 Å². The van der Waals surface area contributed by atoms with E-state index in [1.54, 1.807) is 4.68 Å². The van der Waals surface area contributed by atoms with E-state index < -0.39 is 5.97 Å². The number of hydrogen-bond donors (Lipinski definition) is 2. The number of carbonyl (C=O) groups is 2. The second-order valence-corrected chi connectivity index (χ2v) is 8.28. The Morgan fingerprint density at radius 1 is 1.21 bits per heavy atom. The zero-order valence-corrected chi connectivity index (χ0v) is 17.6. The first-order valence-electron chi connectivity index (χ1n) is 10.5. The van der Waals surface area contributed by atoms with Crippen LogP contribution in [0.2, 0.25) is 0 Å². The van der Waals surface area contributed by atoms with E-state index in [0.29, 0.717) is 37.8 Å². The maximum Gasteiger partial charge on any atom is 0.304 e. The van der Waals surface area contributed by atoms with Crippen LogP contribution in [0, 0.1) is 12.8 Å². The summed E-state index contributed by atoms with van der Waals surface area (Å²) in [5.74, 6) is 0.358. The molecule has 0 saturated carbocycles. The Kier molecular flexibility index (Phi) is 6.85. The molecule has 1 heterocycles. The normalized spacial score (nSPS) is 15.7. The zero-order valence-electron chi connectivity index (χ0n) is 17.6.